The van der Waals surface area contributed by atoms with Crippen molar-refractivity contribution in [3.8, 4) is 0 Å². The molecule has 0 radical (unpaired) electrons. The highest BCUT2D eigenvalue weighted by molar-refractivity contribution is 14.0. The summed E-state index contributed by atoms with van der Waals surface area (Å²) >= 11 is 0. The zero-order chi connectivity index (χ0) is 17.2. The molecule has 2 aliphatic heterocycles. The maximum absolute atomic E-state index is 14.0. The van der Waals surface area contributed by atoms with E-state index in [0.29, 0.717) is 12.1 Å². The van der Waals surface area contributed by atoms with Crippen molar-refractivity contribution in [2.75, 3.05) is 32.7 Å². The number of nitrogens with zero attached hydrogens (tertiary/aromatic N) is 3. The van der Waals surface area contributed by atoms with Crippen LogP contribution in [0.3, 0.4) is 0 Å². The van der Waals surface area contributed by atoms with E-state index < -0.39 is 0 Å². The number of likely N-dealkylation sites (tertiary alicyclic amines) is 1. The van der Waals surface area contributed by atoms with E-state index in [1.807, 2.05) is 12.1 Å². The molecule has 0 spiro atoms. The van der Waals surface area contributed by atoms with E-state index in [1.54, 1.807) is 12.1 Å². The lowest BCUT2D eigenvalue weighted by atomic mass is 10.1. The number of hydrogen-bond donors (Lipinski definition) is 1. The van der Waals surface area contributed by atoms with Crippen LogP contribution in [0.1, 0.15) is 31.2 Å². The van der Waals surface area contributed by atoms with Crippen LogP contribution in [0, 0.1) is 5.82 Å². The Morgan fingerprint density at radius 2 is 2.04 bits per heavy atom. The molecule has 1 N–H and O–H groups in total. The molecule has 4 rings (SSSR count). The van der Waals surface area contributed by atoms with E-state index >= 15 is 0 Å². The SMILES string of the molecule is CCN=C(NC1CC1c1ccccc1F)N1CCC(N2CC=CC2)C1.I. The molecule has 1 aliphatic carbocycles. The number of nitrogens with one attached hydrogen (secondary N) is 1. The Morgan fingerprint density at radius 1 is 1.27 bits per heavy atom. The Kier molecular flexibility index (Phi) is 6.55. The Bertz CT molecular complexity index is 670. The van der Waals surface area contributed by atoms with Gasteiger partial charge < -0.3 is 10.2 Å². The molecule has 1 aromatic carbocycles. The van der Waals surface area contributed by atoms with Crippen LogP contribution in [0.4, 0.5) is 4.39 Å². The van der Waals surface area contributed by atoms with Crippen LogP contribution in [0.25, 0.3) is 0 Å². The summed E-state index contributed by atoms with van der Waals surface area (Å²) in [6.07, 6.45) is 6.68. The zero-order valence-electron chi connectivity index (χ0n) is 15.3. The summed E-state index contributed by atoms with van der Waals surface area (Å²) in [6, 6.07) is 8.05. The fourth-order valence-corrected chi connectivity index (χ4v) is 4.05. The quantitative estimate of drug-likeness (QED) is 0.318. The van der Waals surface area contributed by atoms with Crippen molar-refractivity contribution in [1.82, 2.24) is 15.1 Å². The third-order valence-corrected chi connectivity index (χ3v) is 5.54. The van der Waals surface area contributed by atoms with Crippen LogP contribution < -0.4 is 5.32 Å². The molecular formula is C20H28FIN4. The molecule has 2 heterocycles. The average Bonchev–Trinajstić information content (AvgIpc) is 3.05. The molecule has 1 aromatic rings. The highest BCUT2D eigenvalue weighted by Gasteiger charge is 2.41. The van der Waals surface area contributed by atoms with Crippen molar-refractivity contribution in [1.29, 1.82) is 0 Å². The highest BCUT2D eigenvalue weighted by atomic mass is 127. The lowest BCUT2D eigenvalue weighted by Gasteiger charge is -2.25. The van der Waals surface area contributed by atoms with Crippen LogP contribution in [0.15, 0.2) is 41.4 Å². The minimum atomic E-state index is -0.0893. The van der Waals surface area contributed by atoms with E-state index in [-0.39, 0.29) is 35.7 Å². The highest BCUT2D eigenvalue weighted by Crippen LogP contribution is 2.42. The Morgan fingerprint density at radius 3 is 2.77 bits per heavy atom. The Labute approximate surface area is 172 Å². The first-order valence-electron chi connectivity index (χ1n) is 9.45. The molecule has 2 fully saturated rings. The number of halogens is 2. The van der Waals surface area contributed by atoms with Crippen LogP contribution >= 0.6 is 24.0 Å². The van der Waals surface area contributed by atoms with Gasteiger partial charge in [0.15, 0.2) is 5.96 Å². The maximum Gasteiger partial charge on any atom is 0.194 e. The second-order valence-corrected chi connectivity index (χ2v) is 7.23. The lowest BCUT2D eigenvalue weighted by molar-refractivity contribution is 0.259. The summed E-state index contributed by atoms with van der Waals surface area (Å²) in [7, 11) is 0. The summed E-state index contributed by atoms with van der Waals surface area (Å²) in [5, 5.41) is 3.60. The van der Waals surface area contributed by atoms with Crippen LogP contribution in [-0.2, 0) is 0 Å². The molecule has 3 aliphatic rings. The van der Waals surface area contributed by atoms with Gasteiger partial charge in [0.05, 0.1) is 0 Å². The molecule has 4 nitrogen and oxygen atoms in total. The molecule has 3 unspecified atom stereocenters. The van der Waals surface area contributed by atoms with Gasteiger partial charge >= 0.3 is 0 Å². The predicted molar refractivity (Wildman–Crippen MR) is 115 cm³/mol. The molecule has 0 amide bonds. The van der Waals surface area contributed by atoms with Crippen LogP contribution in [0.5, 0.6) is 0 Å². The van der Waals surface area contributed by atoms with E-state index in [2.05, 4.69) is 34.2 Å². The summed E-state index contributed by atoms with van der Waals surface area (Å²) in [6.45, 7) is 7.07. The first kappa shape index (κ1) is 19.6. The van der Waals surface area contributed by atoms with E-state index in [4.69, 9.17) is 4.99 Å². The van der Waals surface area contributed by atoms with Gasteiger partial charge in [-0.25, -0.2) is 4.39 Å². The molecule has 6 heteroatoms. The van der Waals surface area contributed by atoms with Crippen molar-refractivity contribution in [3.63, 3.8) is 0 Å². The first-order chi connectivity index (χ1) is 12.3. The fourth-order valence-electron chi connectivity index (χ4n) is 4.05. The Hall–Kier alpha value is -1.15. The van der Waals surface area contributed by atoms with Gasteiger partial charge in [-0.05, 0) is 31.4 Å². The van der Waals surface area contributed by atoms with Gasteiger partial charge in [-0.2, -0.15) is 0 Å². The van der Waals surface area contributed by atoms with Gasteiger partial charge in [-0.1, -0.05) is 30.4 Å². The minimum Gasteiger partial charge on any atom is -0.353 e. The standard InChI is InChI=1S/C20H27FN4.HI/c1-2-22-20(25-12-9-15(14-25)24-10-5-6-11-24)23-19-13-17(19)16-7-3-4-8-18(16)21;/h3-8,15,17,19H,2,9-14H2,1H3,(H,22,23);1H. The van der Waals surface area contributed by atoms with Crippen molar-refractivity contribution in [2.45, 2.75) is 37.8 Å². The summed E-state index contributed by atoms with van der Waals surface area (Å²) < 4.78 is 14.0. The van der Waals surface area contributed by atoms with Gasteiger partial charge in [0.2, 0.25) is 0 Å². The minimum absolute atomic E-state index is 0. The maximum atomic E-state index is 14.0. The fraction of sp³-hybridized carbons (Fsp3) is 0.550. The number of aliphatic imine (C=N–C) groups is 1. The monoisotopic (exact) mass is 470 g/mol. The summed E-state index contributed by atoms with van der Waals surface area (Å²) in [5.74, 6) is 1.18. The van der Waals surface area contributed by atoms with Crippen LogP contribution in [0.2, 0.25) is 0 Å². The van der Waals surface area contributed by atoms with Crippen molar-refractivity contribution in [2.24, 2.45) is 4.99 Å². The van der Waals surface area contributed by atoms with Gasteiger partial charge in [0.1, 0.15) is 5.82 Å². The number of benzene rings is 1. The number of guanidine groups is 1. The largest absolute Gasteiger partial charge is 0.353 e. The molecule has 142 valence electrons. The molecule has 3 atom stereocenters. The van der Waals surface area contributed by atoms with E-state index in [1.165, 1.54) is 6.42 Å². The van der Waals surface area contributed by atoms with Crippen LogP contribution in [-0.4, -0.2) is 60.6 Å². The topological polar surface area (TPSA) is 30.9 Å². The molecule has 1 saturated heterocycles. The van der Waals surface area contributed by atoms with E-state index in [9.17, 15) is 4.39 Å². The van der Waals surface area contributed by atoms with E-state index in [0.717, 1.165) is 50.7 Å². The lowest BCUT2D eigenvalue weighted by Crippen LogP contribution is -2.44. The number of hydrogen-bond acceptors (Lipinski definition) is 2. The first-order valence-corrected chi connectivity index (χ1v) is 9.45. The summed E-state index contributed by atoms with van der Waals surface area (Å²) in [4.78, 5) is 9.61. The normalized spacial score (nSPS) is 28.3. The third kappa shape index (κ3) is 4.22. The Balaban J connectivity index is 0.00000196. The summed E-state index contributed by atoms with van der Waals surface area (Å²) in [5.41, 5.74) is 0.832. The molecule has 0 bridgehead atoms. The van der Waals surface area contributed by atoms with Gasteiger partial charge in [-0.15, -0.1) is 24.0 Å². The predicted octanol–water partition coefficient (Wildman–Crippen LogP) is 3.21. The molecular weight excluding hydrogens is 442 g/mol. The van der Waals surface area contributed by atoms with Crippen molar-refractivity contribution >= 4 is 29.9 Å². The molecule has 0 aromatic heterocycles. The third-order valence-electron chi connectivity index (χ3n) is 5.54. The second-order valence-electron chi connectivity index (χ2n) is 7.23. The van der Waals surface area contributed by atoms with Crippen molar-refractivity contribution in [3.05, 3.63) is 47.8 Å². The average molecular weight is 470 g/mol. The zero-order valence-corrected chi connectivity index (χ0v) is 17.6. The smallest absolute Gasteiger partial charge is 0.194 e. The van der Waals surface area contributed by atoms with Gasteiger partial charge in [0, 0.05) is 50.7 Å². The van der Waals surface area contributed by atoms with Gasteiger partial charge in [0.25, 0.3) is 0 Å². The van der Waals surface area contributed by atoms with Crippen molar-refractivity contribution < 1.29 is 4.39 Å². The van der Waals surface area contributed by atoms with Gasteiger partial charge in [-0.3, -0.25) is 9.89 Å². The second kappa shape index (κ2) is 8.69. The number of rotatable bonds is 4. The molecule has 1 saturated carbocycles. The molecule has 26 heavy (non-hydrogen) atoms.